The Morgan fingerprint density at radius 3 is 2.78 bits per heavy atom. The number of aromatic nitrogens is 3. The molecule has 2 rings (SSSR count). The number of nitrogens with one attached hydrogen (secondary N) is 1. The number of rotatable bonds is 2. The molecular weight excluding hydrogens is 272 g/mol. The highest BCUT2D eigenvalue weighted by Gasteiger charge is 2.22. The third-order valence-electron chi connectivity index (χ3n) is 2.32. The SMILES string of the molecule is Cc1ccc(C#N)c(S(=O)(=O)n2cn[nH]c2=S)c1. The summed E-state index contributed by atoms with van der Waals surface area (Å²) in [5.41, 5.74) is 0.811. The van der Waals surface area contributed by atoms with Crippen LogP contribution in [-0.2, 0) is 10.0 Å². The molecule has 0 bridgehead atoms. The lowest BCUT2D eigenvalue weighted by Crippen LogP contribution is -2.14. The number of H-pyrrole nitrogens is 1. The fourth-order valence-electron chi connectivity index (χ4n) is 1.45. The Kier molecular flexibility index (Phi) is 3.02. The van der Waals surface area contributed by atoms with E-state index in [1.165, 1.54) is 12.1 Å². The van der Waals surface area contributed by atoms with Gasteiger partial charge in [0.25, 0.3) is 10.0 Å². The van der Waals surface area contributed by atoms with Crippen molar-refractivity contribution < 1.29 is 8.42 Å². The molecule has 18 heavy (non-hydrogen) atoms. The van der Waals surface area contributed by atoms with Gasteiger partial charge in [0.05, 0.1) is 5.56 Å². The van der Waals surface area contributed by atoms with E-state index >= 15 is 0 Å². The molecule has 0 atom stereocenters. The molecule has 0 unspecified atom stereocenters. The Hall–Kier alpha value is -1.98. The van der Waals surface area contributed by atoms with E-state index in [4.69, 9.17) is 17.5 Å². The second-order valence-electron chi connectivity index (χ2n) is 3.57. The highest BCUT2D eigenvalue weighted by Crippen LogP contribution is 2.19. The van der Waals surface area contributed by atoms with E-state index in [0.29, 0.717) is 0 Å². The van der Waals surface area contributed by atoms with Gasteiger partial charge in [-0.3, -0.25) is 5.10 Å². The number of benzene rings is 1. The fraction of sp³-hybridized carbons (Fsp3) is 0.100. The lowest BCUT2D eigenvalue weighted by Gasteiger charge is -2.07. The zero-order valence-electron chi connectivity index (χ0n) is 9.28. The number of hydrogen-bond acceptors (Lipinski definition) is 5. The molecule has 1 aromatic carbocycles. The summed E-state index contributed by atoms with van der Waals surface area (Å²) in [6.07, 6.45) is 1.07. The van der Waals surface area contributed by atoms with Gasteiger partial charge < -0.3 is 0 Å². The largest absolute Gasteiger partial charge is 0.272 e. The molecule has 0 aliphatic rings. The molecule has 0 fully saturated rings. The van der Waals surface area contributed by atoms with Crippen LogP contribution >= 0.6 is 12.2 Å². The van der Waals surface area contributed by atoms with E-state index in [1.54, 1.807) is 13.0 Å². The summed E-state index contributed by atoms with van der Waals surface area (Å²) in [7, 11) is -3.90. The highest BCUT2D eigenvalue weighted by molar-refractivity contribution is 7.90. The number of aryl methyl sites for hydroxylation is 1. The van der Waals surface area contributed by atoms with Crippen LogP contribution in [0.5, 0.6) is 0 Å². The van der Waals surface area contributed by atoms with E-state index in [9.17, 15) is 8.42 Å². The first-order valence-corrected chi connectivity index (χ1v) is 6.70. The Morgan fingerprint density at radius 1 is 1.50 bits per heavy atom. The van der Waals surface area contributed by atoms with Crippen LogP contribution in [0.4, 0.5) is 0 Å². The van der Waals surface area contributed by atoms with E-state index in [2.05, 4.69) is 10.2 Å². The van der Waals surface area contributed by atoms with Crippen LogP contribution in [0.25, 0.3) is 0 Å². The van der Waals surface area contributed by atoms with Crippen LogP contribution < -0.4 is 0 Å². The van der Waals surface area contributed by atoms with Gasteiger partial charge in [0.1, 0.15) is 17.3 Å². The summed E-state index contributed by atoms with van der Waals surface area (Å²) in [4.78, 5) is -0.0810. The van der Waals surface area contributed by atoms with Crippen molar-refractivity contribution in [1.82, 2.24) is 14.2 Å². The molecule has 0 spiro atoms. The van der Waals surface area contributed by atoms with Gasteiger partial charge in [-0.1, -0.05) is 6.07 Å². The molecule has 8 heteroatoms. The van der Waals surface area contributed by atoms with Crippen molar-refractivity contribution in [2.75, 3.05) is 0 Å². The zero-order valence-corrected chi connectivity index (χ0v) is 10.9. The maximum atomic E-state index is 12.3. The maximum Gasteiger partial charge on any atom is 0.272 e. The van der Waals surface area contributed by atoms with E-state index in [-0.39, 0.29) is 15.2 Å². The molecule has 1 heterocycles. The van der Waals surface area contributed by atoms with Crippen molar-refractivity contribution in [3.63, 3.8) is 0 Å². The normalized spacial score (nSPS) is 11.1. The topological polar surface area (TPSA) is 91.5 Å². The average molecular weight is 280 g/mol. The molecule has 0 saturated carbocycles. The number of nitriles is 1. The van der Waals surface area contributed by atoms with Gasteiger partial charge in [-0.15, -0.1) is 0 Å². The van der Waals surface area contributed by atoms with Gasteiger partial charge in [-0.25, -0.2) is 8.42 Å². The second kappa shape index (κ2) is 4.36. The van der Waals surface area contributed by atoms with E-state index < -0.39 is 10.0 Å². The van der Waals surface area contributed by atoms with Gasteiger partial charge in [-0.2, -0.15) is 14.3 Å². The van der Waals surface area contributed by atoms with Crippen LogP contribution in [0.15, 0.2) is 29.4 Å². The number of nitrogens with zero attached hydrogens (tertiary/aromatic N) is 3. The minimum Gasteiger partial charge on any atom is -0.251 e. The molecule has 6 nitrogen and oxygen atoms in total. The summed E-state index contributed by atoms with van der Waals surface area (Å²) in [6, 6.07) is 6.42. The standard InChI is InChI=1S/C10H8N4O2S2/c1-7-2-3-8(5-11)9(4-7)18(15,16)14-6-12-13-10(14)17/h2-4,6H,1H3,(H,13,17). The van der Waals surface area contributed by atoms with Crippen molar-refractivity contribution in [2.45, 2.75) is 11.8 Å². The fourth-order valence-corrected chi connectivity index (χ4v) is 3.21. The minimum atomic E-state index is -3.90. The zero-order chi connectivity index (χ0) is 13.3. The van der Waals surface area contributed by atoms with Crippen LogP contribution in [0.1, 0.15) is 11.1 Å². The second-order valence-corrected chi connectivity index (χ2v) is 5.74. The highest BCUT2D eigenvalue weighted by atomic mass is 32.2. The lowest BCUT2D eigenvalue weighted by molar-refractivity contribution is 0.586. The summed E-state index contributed by atoms with van der Waals surface area (Å²) in [5, 5.41) is 14.9. The summed E-state index contributed by atoms with van der Waals surface area (Å²) >= 11 is 4.83. The molecule has 0 aliphatic heterocycles. The molecule has 0 saturated heterocycles. The third kappa shape index (κ3) is 1.94. The van der Waals surface area contributed by atoms with Gasteiger partial charge in [0.2, 0.25) is 4.77 Å². The first-order chi connectivity index (χ1) is 8.46. The van der Waals surface area contributed by atoms with E-state index in [1.807, 2.05) is 6.07 Å². The smallest absolute Gasteiger partial charge is 0.251 e. The molecular formula is C10H8N4O2S2. The summed E-state index contributed by atoms with van der Waals surface area (Å²) in [5.74, 6) is 0. The molecule has 0 amide bonds. The predicted molar refractivity (Wildman–Crippen MR) is 65.9 cm³/mol. The Bertz CT molecular complexity index is 796. The first-order valence-electron chi connectivity index (χ1n) is 4.85. The molecule has 0 radical (unpaired) electrons. The van der Waals surface area contributed by atoms with Crippen LogP contribution in [0, 0.1) is 23.0 Å². The minimum absolute atomic E-state index is 0.0413. The average Bonchev–Trinajstić information content (AvgIpc) is 2.76. The summed E-state index contributed by atoms with van der Waals surface area (Å²) in [6.45, 7) is 1.74. The van der Waals surface area contributed by atoms with Crippen molar-refractivity contribution in [2.24, 2.45) is 0 Å². The molecule has 1 N–H and O–H groups in total. The van der Waals surface area contributed by atoms with Gasteiger partial charge in [0.15, 0.2) is 0 Å². The van der Waals surface area contributed by atoms with Gasteiger partial charge in [0, 0.05) is 0 Å². The quantitative estimate of drug-likeness (QED) is 0.838. The Morgan fingerprint density at radius 2 is 2.22 bits per heavy atom. The Labute approximate surface area is 109 Å². The van der Waals surface area contributed by atoms with Crippen molar-refractivity contribution in [3.05, 3.63) is 40.4 Å². The Balaban J connectivity index is 2.78. The molecule has 92 valence electrons. The van der Waals surface area contributed by atoms with Gasteiger partial charge >= 0.3 is 0 Å². The summed E-state index contributed by atoms with van der Waals surface area (Å²) < 4.78 is 25.5. The lowest BCUT2D eigenvalue weighted by atomic mass is 10.2. The van der Waals surface area contributed by atoms with Crippen LogP contribution in [-0.4, -0.2) is 22.6 Å². The van der Waals surface area contributed by atoms with E-state index in [0.717, 1.165) is 15.9 Å². The number of aromatic amines is 1. The molecule has 2 aromatic rings. The molecule has 1 aromatic heterocycles. The monoisotopic (exact) mass is 280 g/mol. The van der Waals surface area contributed by atoms with Gasteiger partial charge in [-0.05, 0) is 36.8 Å². The third-order valence-corrected chi connectivity index (χ3v) is 4.41. The molecule has 0 aliphatic carbocycles. The predicted octanol–water partition coefficient (Wildman–Crippen LogP) is 1.36. The number of hydrogen-bond donors (Lipinski definition) is 1. The van der Waals surface area contributed by atoms with Crippen LogP contribution in [0.2, 0.25) is 0 Å². The van der Waals surface area contributed by atoms with Crippen molar-refractivity contribution >= 4 is 22.2 Å². The maximum absolute atomic E-state index is 12.3. The van der Waals surface area contributed by atoms with Crippen molar-refractivity contribution in [1.29, 1.82) is 5.26 Å². The van der Waals surface area contributed by atoms with Crippen molar-refractivity contribution in [3.8, 4) is 6.07 Å². The first kappa shape index (κ1) is 12.5. The van der Waals surface area contributed by atoms with Crippen LogP contribution in [0.3, 0.4) is 0 Å².